The summed E-state index contributed by atoms with van der Waals surface area (Å²) < 4.78 is 1.78. The first kappa shape index (κ1) is 18.2. The molecule has 0 bridgehead atoms. The van der Waals surface area contributed by atoms with Gasteiger partial charge >= 0.3 is 0 Å². The average molecular weight is 385 g/mol. The van der Waals surface area contributed by atoms with Gasteiger partial charge in [-0.1, -0.05) is 30.3 Å². The molecule has 28 heavy (non-hydrogen) atoms. The van der Waals surface area contributed by atoms with Gasteiger partial charge in [-0.2, -0.15) is 15.6 Å². The number of allylic oxidation sites excluding steroid dienone is 1. The third kappa shape index (κ3) is 3.74. The van der Waals surface area contributed by atoms with Gasteiger partial charge in [0.1, 0.15) is 11.1 Å². The van der Waals surface area contributed by atoms with E-state index in [0.717, 1.165) is 40.4 Å². The molecule has 1 aliphatic rings. The summed E-state index contributed by atoms with van der Waals surface area (Å²) in [5.74, 6) is 0. The second-order valence-electron chi connectivity index (χ2n) is 6.74. The molecule has 4 rings (SSSR count). The van der Waals surface area contributed by atoms with Crippen molar-refractivity contribution >= 4 is 23.0 Å². The Labute approximate surface area is 168 Å². The van der Waals surface area contributed by atoms with Crippen LogP contribution in [0.4, 0.5) is 0 Å². The molecule has 0 amide bonds. The number of nitrogens with zero attached hydrogens (tertiary/aromatic N) is 5. The minimum Gasteiger partial charge on any atom is -0.270 e. The summed E-state index contributed by atoms with van der Waals surface area (Å²) in [7, 11) is 0. The predicted octanol–water partition coefficient (Wildman–Crippen LogP) is 4.86. The number of aromatic nitrogens is 3. The van der Waals surface area contributed by atoms with Gasteiger partial charge in [0, 0.05) is 22.2 Å². The van der Waals surface area contributed by atoms with Crippen LogP contribution in [0.15, 0.2) is 36.5 Å². The van der Waals surface area contributed by atoms with Gasteiger partial charge in [0.2, 0.25) is 0 Å². The van der Waals surface area contributed by atoms with Crippen LogP contribution < -0.4 is 0 Å². The molecule has 0 N–H and O–H groups in total. The zero-order valence-electron chi connectivity index (χ0n) is 15.4. The maximum atomic E-state index is 9.79. The molecule has 0 radical (unpaired) electrons. The molecule has 0 fully saturated rings. The van der Waals surface area contributed by atoms with Crippen LogP contribution in [0.3, 0.4) is 0 Å². The molecular weight excluding hydrogens is 366 g/mol. The summed E-state index contributed by atoms with van der Waals surface area (Å²) in [4.78, 5) is 6.05. The number of nitriles is 2. The first-order chi connectivity index (χ1) is 13.8. The molecule has 5 nitrogen and oxygen atoms in total. The smallest absolute Gasteiger partial charge is 0.134 e. The Morgan fingerprint density at radius 1 is 1.18 bits per heavy atom. The van der Waals surface area contributed by atoms with Gasteiger partial charge in [-0.3, -0.25) is 4.68 Å². The van der Waals surface area contributed by atoms with Crippen LogP contribution in [0.25, 0.3) is 22.9 Å². The van der Waals surface area contributed by atoms with E-state index < -0.39 is 0 Å². The quantitative estimate of drug-likeness (QED) is 0.587. The lowest BCUT2D eigenvalue weighted by Crippen LogP contribution is -1.99. The zero-order valence-corrected chi connectivity index (χ0v) is 16.2. The van der Waals surface area contributed by atoms with E-state index in [9.17, 15) is 5.26 Å². The normalized spacial score (nSPS) is 13.6. The fourth-order valence-electron chi connectivity index (χ4n) is 3.41. The summed E-state index contributed by atoms with van der Waals surface area (Å²) in [6.07, 6.45) is 8.62. The second-order valence-corrected chi connectivity index (χ2v) is 7.82. The van der Waals surface area contributed by atoms with E-state index >= 15 is 0 Å². The standard InChI is InChI=1S/C22H19N5S/c23-11-6-12-27-15-18(21(26-27)16-7-2-1-3-8-16)13-17(14-24)22-25-19-9-4-5-10-20(19)28-22/h1-3,7-8,13,15H,4-6,9-10,12H2/b17-13+. The van der Waals surface area contributed by atoms with Crippen LogP contribution in [-0.2, 0) is 19.4 Å². The molecule has 6 heteroatoms. The van der Waals surface area contributed by atoms with Gasteiger partial charge in [0.05, 0.1) is 36.0 Å². The maximum Gasteiger partial charge on any atom is 0.134 e. The van der Waals surface area contributed by atoms with Crippen LogP contribution in [0.2, 0.25) is 0 Å². The van der Waals surface area contributed by atoms with Gasteiger partial charge in [-0.05, 0) is 31.8 Å². The van der Waals surface area contributed by atoms with Crippen molar-refractivity contribution in [1.82, 2.24) is 14.8 Å². The Bertz CT molecular complexity index is 1070. The van der Waals surface area contributed by atoms with Crippen molar-refractivity contribution in [3.63, 3.8) is 0 Å². The lowest BCUT2D eigenvalue weighted by molar-refractivity contribution is 0.629. The molecule has 0 atom stereocenters. The molecule has 0 saturated carbocycles. The summed E-state index contributed by atoms with van der Waals surface area (Å²) in [5, 5.41) is 24.1. The van der Waals surface area contributed by atoms with Crippen LogP contribution in [0, 0.1) is 22.7 Å². The fraction of sp³-hybridized carbons (Fsp3) is 0.273. The Morgan fingerprint density at radius 3 is 2.75 bits per heavy atom. The van der Waals surface area contributed by atoms with Crippen molar-refractivity contribution in [1.29, 1.82) is 10.5 Å². The van der Waals surface area contributed by atoms with Crippen molar-refractivity contribution in [2.75, 3.05) is 0 Å². The van der Waals surface area contributed by atoms with Crippen molar-refractivity contribution in [2.24, 2.45) is 0 Å². The fourth-order valence-corrected chi connectivity index (χ4v) is 4.52. The molecule has 0 saturated heterocycles. The molecule has 1 aliphatic carbocycles. The van der Waals surface area contributed by atoms with E-state index in [0.29, 0.717) is 18.5 Å². The molecule has 0 unspecified atom stereocenters. The minimum absolute atomic E-state index is 0.392. The molecule has 1 aromatic carbocycles. The Hall–Kier alpha value is -3.22. The van der Waals surface area contributed by atoms with E-state index in [-0.39, 0.29) is 0 Å². The van der Waals surface area contributed by atoms with Crippen LogP contribution in [-0.4, -0.2) is 14.8 Å². The van der Waals surface area contributed by atoms with Crippen LogP contribution in [0.5, 0.6) is 0 Å². The summed E-state index contributed by atoms with van der Waals surface area (Å²) in [5.41, 5.74) is 4.39. The van der Waals surface area contributed by atoms with Gasteiger partial charge in [-0.25, -0.2) is 4.98 Å². The van der Waals surface area contributed by atoms with E-state index in [1.54, 1.807) is 16.0 Å². The number of thiazole rings is 1. The number of hydrogen-bond donors (Lipinski definition) is 0. The Kier molecular flexibility index (Phi) is 5.32. The third-order valence-corrected chi connectivity index (χ3v) is 5.98. The van der Waals surface area contributed by atoms with Crippen molar-refractivity contribution in [2.45, 2.75) is 38.6 Å². The topological polar surface area (TPSA) is 78.3 Å². The summed E-state index contributed by atoms with van der Waals surface area (Å²) >= 11 is 1.64. The predicted molar refractivity (Wildman–Crippen MR) is 110 cm³/mol. The number of rotatable bonds is 5. The third-order valence-electron chi connectivity index (χ3n) is 4.79. The number of hydrogen-bond acceptors (Lipinski definition) is 5. The molecule has 2 heterocycles. The largest absolute Gasteiger partial charge is 0.270 e. The first-order valence-electron chi connectivity index (χ1n) is 9.39. The lowest BCUT2D eigenvalue weighted by atomic mass is 10.0. The van der Waals surface area contributed by atoms with E-state index in [1.807, 2.05) is 42.6 Å². The highest BCUT2D eigenvalue weighted by molar-refractivity contribution is 7.13. The van der Waals surface area contributed by atoms with Crippen molar-refractivity contribution in [3.8, 4) is 23.4 Å². The van der Waals surface area contributed by atoms with E-state index in [4.69, 9.17) is 10.2 Å². The summed E-state index contributed by atoms with van der Waals surface area (Å²) in [6, 6.07) is 14.4. The highest BCUT2D eigenvalue weighted by Crippen LogP contribution is 2.32. The van der Waals surface area contributed by atoms with Gasteiger partial charge in [-0.15, -0.1) is 11.3 Å². The monoisotopic (exact) mass is 385 g/mol. The highest BCUT2D eigenvalue weighted by atomic mass is 32.1. The van der Waals surface area contributed by atoms with Gasteiger partial charge < -0.3 is 0 Å². The number of aryl methyl sites for hydroxylation is 3. The molecule has 2 aromatic heterocycles. The molecule has 3 aromatic rings. The van der Waals surface area contributed by atoms with Crippen molar-refractivity contribution < 1.29 is 0 Å². The van der Waals surface area contributed by atoms with Crippen LogP contribution in [0.1, 0.15) is 40.4 Å². The lowest BCUT2D eigenvalue weighted by Gasteiger charge is -2.06. The van der Waals surface area contributed by atoms with E-state index in [1.165, 1.54) is 17.7 Å². The number of benzene rings is 1. The van der Waals surface area contributed by atoms with Crippen LogP contribution >= 0.6 is 11.3 Å². The van der Waals surface area contributed by atoms with Gasteiger partial charge in [0.25, 0.3) is 0 Å². The molecular formula is C22H19N5S. The van der Waals surface area contributed by atoms with Crippen molar-refractivity contribution in [3.05, 3.63) is 57.7 Å². The highest BCUT2D eigenvalue weighted by Gasteiger charge is 2.18. The SMILES string of the molecule is N#CCCn1cc(/C=C(\C#N)c2nc3c(s2)CCCC3)c(-c2ccccc2)n1. The van der Waals surface area contributed by atoms with E-state index in [2.05, 4.69) is 17.2 Å². The summed E-state index contributed by atoms with van der Waals surface area (Å²) in [6.45, 7) is 0.525. The first-order valence-corrected chi connectivity index (χ1v) is 10.2. The minimum atomic E-state index is 0.392. The average Bonchev–Trinajstić information content (AvgIpc) is 3.35. The Morgan fingerprint density at radius 2 is 2.00 bits per heavy atom. The number of fused-ring (bicyclic) bond motifs is 1. The maximum absolute atomic E-state index is 9.79. The zero-order chi connectivity index (χ0) is 19.3. The molecule has 0 aliphatic heterocycles. The van der Waals surface area contributed by atoms with Gasteiger partial charge in [0.15, 0.2) is 0 Å². The Balaban J connectivity index is 1.76. The molecule has 138 valence electrons. The molecule has 0 spiro atoms. The second kappa shape index (κ2) is 8.21.